The number of anilines is 1. The van der Waals surface area contributed by atoms with E-state index >= 15 is 0 Å². The number of pyridine rings is 1. The van der Waals surface area contributed by atoms with Crippen molar-refractivity contribution in [1.29, 1.82) is 0 Å². The predicted octanol–water partition coefficient (Wildman–Crippen LogP) is 2.42. The number of nitrogens with zero attached hydrogens (tertiary/aromatic N) is 2. The summed E-state index contributed by atoms with van der Waals surface area (Å²) in [6.45, 7) is 4.16. The fourth-order valence-electron chi connectivity index (χ4n) is 2.98. The van der Waals surface area contributed by atoms with Crippen LogP contribution in [0.4, 0.5) is 5.69 Å². The Balaban J connectivity index is 1.43. The summed E-state index contributed by atoms with van der Waals surface area (Å²) in [6, 6.07) is 13.1. The van der Waals surface area contributed by atoms with Gasteiger partial charge >= 0.3 is 0 Å². The maximum absolute atomic E-state index is 5.96. The van der Waals surface area contributed by atoms with Crippen molar-refractivity contribution in [3.8, 4) is 0 Å². The summed E-state index contributed by atoms with van der Waals surface area (Å²) < 4.78 is 0. The standard InChI is InChI=1S/C18H24N4/c19-18-6-9-20-12-16(18)13-21-17-7-10-22(11-8-17)14-15-4-2-1-3-5-15/h1-6,9,12,17,21H,7-8,10-11,13-14H2,(H2,19,20). The minimum absolute atomic E-state index is 0.576. The van der Waals surface area contributed by atoms with Gasteiger partial charge in [0, 0.05) is 42.8 Å². The van der Waals surface area contributed by atoms with Crippen LogP contribution in [0.1, 0.15) is 24.0 Å². The lowest BCUT2D eigenvalue weighted by atomic mass is 10.0. The SMILES string of the molecule is Nc1ccncc1CNC1CCN(Cc2ccccc2)CC1. The molecule has 0 saturated carbocycles. The molecule has 3 N–H and O–H groups in total. The Labute approximate surface area is 132 Å². The number of rotatable bonds is 5. The Hall–Kier alpha value is -1.91. The first-order chi connectivity index (χ1) is 10.8. The van der Waals surface area contributed by atoms with Gasteiger partial charge in [-0.1, -0.05) is 30.3 Å². The lowest BCUT2D eigenvalue weighted by molar-refractivity contribution is 0.190. The van der Waals surface area contributed by atoms with Gasteiger partial charge in [-0.15, -0.1) is 0 Å². The molecule has 0 amide bonds. The van der Waals surface area contributed by atoms with Crippen molar-refractivity contribution in [1.82, 2.24) is 15.2 Å². The quantitative estimate of drug-likeness (QED) is 0.890. The first-order valence-electron chi connectivity index (χ1n) is 7.99. The maximum Gasteiger partial charge on any atom is 0.0390 e. The topological polar surface area (TPSA) is 54.2 Å². The predicted molar refractivity (Wildman–Crippen MR) is 90.2 cm³/mol. The fourth-order valence-corrected chi connectivity index (χ4v) is 2.98. The number of likely N-dealkylation sites (tertiary alicyclic amines) is 1. The summed E-state index contributed by atoms with van der Waals surface area (Å²) in [4.78, 5) is 6.67. The molecular weight excluding hydrogens is 272 g/mol. The van der Waals surface area contributed by atoms with Gasteiger partial charge in [-0.2, -0.15) is 0 Å². The first-order valence-corrected chi connectivity index (χ1v) is 7.99. The second-order valence-electron chi connectivity index (χ2n) is 5.99. The maximum atomic E-state index is 5.96. The third-order valence-electron chi connectivity index (χ3n) is 4.36. The molecule has 0 bridgehead atoms. The van der Waals surface area contributed by atoms with Crippen LogP contribution in [0.2, 0.25) is 0 Å². The Morgan fingerprint density at radius 2 is 1.91 bits per heavy atom. The molecule has 22 heavy (non-hydrogen) atoms. The molecule has 3 rings (SSSR count). The van der Waals surface area contributed by atoms with E-state index in [0.717, 1.165) is 37.4 Å². The fraction of sp³-hybridized carbons (Fsp3) is 0.389. The van der Waals surface area contributed by atoms with Crippen LogP contribution in [0.15, 0.2) is 48.8 Å². The van der Waals surface area contributed by atoms with Crippen molar-refractivity contribution < 1.29 is 0 Å². The molecule has 0 atom stereocenters. The highest BCUT2D eigenvalue weighted by Crippen LogP contribution is 2.15. The number of nitrogen functional groups attached to an aromatic ring is 1. The van der Waals surface area contributed by atoms with E-state index in [1.807, 2.05) is 12.3 Å². The van der Waals surface area contributed by atoms with Gasteiger partial charge in [-0.05, 0) is 37.6 Å². The molecule has 116 valence electrons. The van der Waals surface area contributed by atoms with Gasteiger partial charge in [0.2, 0.25) is 0 Å². The van der Waals surface area contributed by atoms with Crippen LogP contribution in [0.3, 0.4) is 0 Å². The summed E-state index contributed by atoms with van der Waals surface area (Å²) in [5, 5.41) is 3.62. The molecule has 0 unspecified atom stereocenters. The van der Waals surface area contributed by atoms with E-state index < -0.39 is 0 Å². The van der Waals surface area contributed by atoms with Gasteiger partial charge in [-0.25, -0.2) is 0 Å². The number of piperidine rings is 1. The van der Waals surface area contributed by atoms with Gasteiger partial charge < -0.3 is 11.1 Å². The molecule has 1 aromatic carbocycles. The monoisotopic (exact) mass is 296 g/mol. The van der Waals surface area contributed by atoms with Crippen LogP contribution >= 0.6 is 0 Å². The summed E-state index contributed by atoms with van der Waals surface area (Å²) in [6.07, 6.45) is 5.97. The molecule has 1 saturated heterocycles. The molecular formula is C18H24N4. The zero-order valence-corrected chi connectivity index (χ0v) is 12.9. The summed E-state index contributed by atoms with van der Waals surface area (Å²) in [5.74, 6) is 0. The Morgan fingerprint density at radius 1 is 1.14 bits per heavy atom. The van der Waals surface area contributed by atoms with Crippen molar-refractivity contribution in [2.75, 3.05) is 18.8 Å². The summed E-state index contributed by atoms with van der Waals surface area (Å²) >= 11 is 0. The molecule has 1 fully saturated rings. The second kappa shape index (κ2) is 7.38. The second-order valence-corrected chi connectivity index (χ2v) is 5.99. The lowest BCUT2D eigenvalue weighted by Crippen LogP contribution is -2.41. The highest BCUT2D eigenvalue weighted by molar-refractivity contribution is 5.44. The average Bonchev–Trinajstić information content (AvgIpc) is 2.56. The first kappa shape index (κ1) is 15.0. The Morgan fingerprint density at radius 3 is 2.64 bits per heavy atom. The zero-order valence-electron chi connectivity index (χ0n) is 12.9. The minimum atomic E-state index is 0.576. The molecule has 0 aliphatic carbocycles. The summed E-state index contributed by atoms with van der Waals surface area (Å²) in [7, 11) is 0. The largest absolute Gasteiger partial charge is 0.398 e. The van der Waals surface area contributed by atoms with Crippen molar-refractivity contribution in [3.63, 3.8) is 0 Å². The normalized spacial score (nSPS) is 16.7. The number of hydrogen-bond donors (Lipinski definition) is 2. The number of aromatic nitrogens is 1. The molecule has 1 aliphatic rings. The highest BCUT2D eigenvalue weighted by Gasteiger charge is 2.18. The summed E-state index contributed by atoms with van der Waals surface area (Å²) in [5.41, 5.74) is 9.27. The van der Waals surface area contributed by atoms with Crippen molar-refractivity contribution >= 4 is 5.69 Å². The van der Waals surface area contributed by atoms with E-state index in [0.29, 0.717) is 6.04 Å². The van der Waals surface area contributed by atoms with Gasteiger partial charge in [0.15, 0.2) is 0 Å². The van der Waals surface area contributed by atoms with Crippen LogP contribution in [0.25, 0.3) is 0 Å². The zero-order chi connectivity index (χ0) is 15.2. The molecule has 4 heteroatoms. The smallest absolute Gasteiger partial charge is 0.0390 e. The van der Waals surface area contributed by atoms with E-state index in [4.69, 9.17) is 5.73 Å². The van der Waals surface area contributed by atoms with E-state index in [2.05, 4.69) is 45.5 Å². The van der Waals surface area contributed by atoms with Gasteiger partial charge in [-0.3, -0.25) is 9.88 Å². The molecule has 2 aromatic rings. The minimum Gasteiger partial charge on any atom is -0.398 e. The van der Waals surface area contributed by atoms with E-state index in [1.54, 1.807) is 6.20 Å². The van der Waals surface area contributed by atoms with E-state index in [9.17, 15) is 0 Å². The van der Waals surface area contributed by atoms with Gasteiger partial charge in [0.05, 0.1) is 0 Å². The molecule has 4 nitrogen and oxygen atoms in total. The third kappa shape index (κ3) is 4.06. The van der Waals surface area contributed by atoms with Crippen molar-refractivity contribution in [3.05, 3.63) is 59.9 Å². The number of nitrogens with two attached hydrogens (primary N) is 1. The van der Waals surface area contributed by atoms with Gasteiger partial charge in [0.25, 0.3) is 0 Å². The van der Waals surface area contributed by atoms with Crippen molar-refractivity contribution in [2.24, 2.45) is 0 Å². The average molecular weight is 296 g/mol. The number of nitrogens with one attached hydrogen (secondary N) is 1. The Bertz CT molecular complexity index is 577. The van der Waals surface area contributed by atoms with E-state index in [-0.39, 0.29) is 0 Å². The molecule has 0 radical (unpaired) electrons. The molecule has 2 heterocycles. The molecule has 1 aliphatic heterocycles. The van der Waals surface area contributed by atoms with Crippen LogP contribution in [0, 0.1) is 0 Å². The highest BCUT2D eigenvalue weighted by atomic mass is 15.1. The van der Waals surface area contributed by atoms with E-state index in [1.165, 1.54) is 18.4 Å². The van der Waals surface area contributed by atoms with Crippen LogP contribution in [-0.4, -0.2) is 29.0 Å². The number of benzene rings is 1. The van der Waals surface area contributed by atoms with Crippen molar-refractivity contribution in [2.45, 2.75) is 32.0 Å². The van der Waals surface area contributed by atoms with Crippen LogP contribution in [0.5, 0.6) is 0 Å². The lowest BCUT2D eigenvalue weighted by Gasteiger charge is -2.32. The third-order valence-corrected chi connectivity index (χ3v) is 4.36. The number of hydrogen-bond acceptors (Lipinski definition) is 4. The van der Waals surface area contributed by atoms with Crippen LogP contribution < -0.4 is 11.1 Å². The Kier molecular flexibility index (Phi) is 5.03. The molecule has 1 aromatic heterocycles. The van der Waals surface area contributed by atoms with Gasteiger partial charge in [0.1, 0.15) is 0 Å². The molecule has 0 spiro atoms. The van der Waals surface area contributed by atoms with Crippen LogP contribution in [-0.2, 0) is 13.1 Å².